The maximum atomic E-state index is 11.2. The summed E-state index contributed by atoms with van der Waals surface area (Å²) in [5.41, 5.74) is 3.95. The van der Waals surface area contributed by atoms with E-state index in [0.29, 0.717) is 10.6 Å². The molecule has 162 valence electrons. The largest absolute Gasteiger partial charge is 0.497 e. The number of hydrogen-bond donors (Lipinski definition) is 0. The van der Waals surface area contributed by atoms with E-state index in [0.717, 1.165) is 37.8 Å². The molecule has 1 unspecified atom stereocenters. The molecule has 9 heteroatoms. The summed E-state index contributed by atoms with van der Waals surface area (Å²) in [6.45, 7) is 2.06. The van der Waals surface area contributed by atoms with Crippen LogP contribution in [0.3, 0.4) is 0 Å². The van der Waals surface area contributed by atoms with Crippen LogP contribution in [0.25, 0.3) is 11.1 Å². The second-order valence-corrected chi connectivity index (χ2v) is 10.4. The van der Waals surface area contributed by atoms with Crippen LogP contribution in [0.15, 0.2) is 69.3 Å². The number of fused-ring (bicyclic) bond motifs is 2. The molecule has 0 bridgehead atoms. The highest BCUT2D eigenvalue weighted by Gasteiger charge is 2.28. The molecule has 2 heterocycles. The molecule has 0 fully saturated rings. The predicted octanol–water partition coefficient (Wildman–Crippen LogP) is 2.45. The minimum absolute atomic E-state index is 0.547. The van der Waals surface area contributed by atoms with Crippen LogP contribution in [0.4, 0.5) is 0 Å². The summed E-state index contributed by atoms with van der Waals surface area (Å²) in [5, 5.41) is 1.58. The monoisotopic (exact) mass is 478 g/mol. The minimum Gasteiger partial charge on any atom is -0.497 e. The normalized spacial score (nSPS) is 19.0. The summed E-state index contributed by atoms with van der Waals surface area (Å²) >= 11 is 1.63. The fourth-order valence-corrected chi connectivity index (χ4v) is 6.65. The molecule has 31 heavy (non-hydrogen) atoms. The number of halogens is 1. The van der Waals surface area contributed by atoms with Crippen LogP contribution in [0.1, 0.15) is 18.1 Å². The van der Waals surface area contributed by atoms with Gasteiger partial charge >= 0.3 is 0 Å². The van der Waals surface area contributed by atoms with Crippen LogP contribution >= 0.6 is 22.5 Å². The molecule has 2 aromatic carbocycles. The van der Waals surface area contributed by atoms with Crippen LogP contribution in [-0.2, 0) is 3.74 Å². The Hall–Kier alpha value is -2.04. The third-order valence-electron chi connectivity index (χ3n) is 4.73. The first-order valence-electron chi connectivity index (χ1n) is 9.11. The highest BCUT2D eigenvalue weighted by molar-refractivity contribution is 8.11. The molecule has 0 aromatic heterocycles. The van der Waals surface area contributed by atoms with Crippen LogP contribution in [0, 0.1) is 10.2 Å². The molecule has 0 saturated heterocycles. The second kappa shape index (κ2) is 8.84. The van der Waals surface area contributed by atoms with Crippen LogP contribution in [0.5, 0.6) is 11.5 Å². The van der Waals surface area contributed by atoms with Gasteiger partial charge in [-0.1, -0.05) is 11.8 Å². The number of benzene rings is 2. The van der Waals surface area contributed by atoms with Gasteiger partial charge in [0.05, 0.1) is 29.4 Å². The number of allylic oxidation sites excluding steroid dienone is 5. The molecular formula is C22H19ClO6S2. The predicted molar refractivity (Wildman–Crippen MR) is 115 cm³/mol. The van der Waals surface area contributed by atoms with Gasteiger partial charge in [0.2, 0.25) is 0 Å². The third kappa shape index (κ3) is 4.91. The first kappa shape index (κ1) is 22.2. The van der Waals surface area contributed by atoms with Crippen LogP contribution < -0.4 is 23.5 Å². The van der Waals surface area contributed by atoms with E-state index in [9.17, 15) is 14.0 Å². The van der Waals surface area contributed by atoms with Gasteiger partial charge in [-0.15, -0.1) is 0 Å². The SMILES string of the molecule is COc1ccc2c(c1)S/C(=C\C1=CC=S(O[Cl+3]([O-])([O-])[O-])c3cc(OC)ccc31)C=C2C. The number of hydrogen-bond acceptors (Lipinski definition) is 7. The van der Waals surface area contributed by atoms with Crippen molar-refractivity contribution in [1.82, 2.24) is 0 Å². The van der Waals surface area contributed by atoms with Crippen molar-refractivity contribution in [3.63, 3.8) is 0 Å². The standard InChI is InChI=1S/C22H19ClO6S2/c1-14-10-18(30-21-12-16(27-2)4-6-19(14)21)11-15-8-9-31(29-23(24,25)26)22-13-17(28-3)5-7-20(15)22/h4-13H,1-3H3/b18-11-. The van der Waals surface area contributed by atoms with E-state index in [-0.39, 0.29) is 0 Å². The summed E-state index contributed by atoms with van der Waals surface area (Å²) < 4.78 is 48.8. The van der Waals surface area contributed by atoms with Gasteiger partial charge in [-0.05, 0) is 83.8 Å². The molecular weight excluding hydrogens is 460 g/mol. The van der Waals surface area contributed by atoms with Crippen molar-refractivity contribution in [2.45, 2.75) is 16.7 Å². The van der Waals surface area contributed by atoms with Gasteiger partial charge in [0.15, 0.2) is 0 Å². The zero-order valence-electron chi connectivity index (χ0n) is 16.9. The van der Waals surface area contributed by atoms with Crippen molar-refractivity contribution in [3.8, 4) is 11.5 Å². The zero-order valence-corrected chi connectivity index (χ0v) is 19.3. The number of thioether (sulfide) groups is 1. The Bertz CT molecular complexity index is 1160. The van der Waals surface area contributed by atoms with Crippen LogP contribution in [-0.4, -0.2) is 19.6 Å². The minimum atomic E-state index is -4.57. The first-order chi connectivity index (χ1) is 14.8. The van der Waals surface area contributed by atoms with Gasteiger partial charge < -0.3 is 9.47 Å². The summed E-state index contributed by atoms with van der Waals surface area (Å²) in [6, 6.07) is 11.3. The Labute approximate surface area is 189 Å². The molecule has 0 spiro atoms. The summed E-state index contributed by atoms with van der Waals surface area (Å²) in [5.74, 6) is 1.34. The smallest absolute Gasteiger partial charge is 0.141 e. The van der Waals surface area contributed by atoms with Crippen molar-refractivity contribution in [2.24, 2.45) is 0 Å². The fraction of sp³-hybridized carbons (Fsp3) is 0.136. The Kier molecular flexibility index (Phi) is 6.32. The maximum Gasteiger partial charge on any atom is 0.141 e. The van der Waals surface area contributed by atoms with Gasteiger partial charge in [0.25, 0.3) is 0 Å². The highest BCUT2D eigenvalue weighted by atomic mass is 35.7. The average molecular weight is 479 g/mol. The number of ether oxygens (including phenoxy) is 2. The van der Waals surface area contributed by atoms with Crippen molar-refractivity contribution >= 4 is 39.0 Å². The lowest BCUT2D eigenvalue weighted by Gasteiger charge is -2.21. The molecule has 0 aliphatic carbocycles. The third-order valence-corrected chi connectivity index (χ3v) is 8.07. The highest BCUT2D eigenvalue weighted by Crippen LogP contribution is 2.45. The fourth-order valence-electron chi connectivity index (χ4n) is 3.31. The second-order valence-electron chi connectivity index (χ2n) is 6.70. The van der Waals surface area contributed by atoms with Crippen molar-refractivity contribution in [2.75, 3.05) is 14.2 Å². The molecule has 2 aliphatic heterocycles. The summed E-state index contributed by atoms with van der Waals surface area (Å²) in [4.78, 5) is 2.70. The van der Waals surface area contributed by atoms with Crippen molar-refractivity contribution < 1.29 is 37.4 Å². The van der Waals surface area contributed by atoms with Gasteiger partial charge in [-0.2, -0.15) is 14.0 Å². The number of methoxy groups -OCH3 is 2. The van der Waals surface area contributed by atoms with E-state index < -0.39 is 21.0 Å². The Morgan fingerprint density at radius 3 is 2.32 bits per heavy atom. The Morgan fingerprint density at radius 1 is 0.968 bits per heavy atom. The molecule has 0 N–H and O–H groups in total. The van der Waals surface area contributed by atoms with E-state index in [2.05, 4.69) is 13.0 Å². The topological polar surface area (TPSA) is 96.9 Å². The van der Waals surface area contributed by atoms with Crippen molar-refractivity contribution in [3.05, 3.63) is 70.7 Å². The van der Waals surface area contributed by atoms with Crippen LogP contribution in [0.2, 0.25) is 0 Å². The molecule has 4 rings (SSSR count). The van der Waals surface area contributed by atoms with Crippen molar-refractivity contribution in [1.29, 1.82) is 0 Å². The maximum absolute atomic E-state index is 11.2. The van der Waals surface area contributed by atoms with E-state index in [1.165, 1.54) is 7.11 Å². The number of rotatable bonds is 5. The average Bonchev–Trinajstić information content (AvgIpc) is 2.73. The molecule has 6 nitrogen and oxygen atoms in total. The molecule has 1 atom stereocenters. The Balaban J connectivity index is 1.75. The quantitative estimate of drug-likeness (QED) is 0.609. The van der Waals surface area contributed by atoms with E-state index in [1.807, 2.05) is 30.3 Å². The van der Waals surface area contributed by atoms with Gasteiger partial charge in [-0.25, -0.2) is 0 Å². The van der Waals surface area contributed by atoms with Gasteiger partial charge in [0, 0.05) is 15.2 Å². The molecule has 0 saturated carbocycles. The molecule has 2 aliphatic rings. The lowest BCUT2D eigenvalue weighted by Crippen LogP contribution is -2.60. The lowest BCUT2D eigenvalue weighted by atomic mass is 10.0. The zero-order chi connectivity index (χ0) is 22.2. The molecule has 0 radical (unpaired) electrons. The first-order valence-corrected chi connectivity index (χ1v) is 12.4. The van der Waals surface area contributed by atoms with E-state index >= 15 is 0 Å². The Morgan fingerprint density at radius 2 is 1.65 bits per heavy atom. The summed E-state index contributed by atoms with van der Waals surface area (Å²) in [7, 11) is -2.74. The van der Waals surface area contributed by atoms with E-state index in [1.54, 1.807) is 42.4 Å². The van der Waals surface area contributed by atoms with E-state index in [4.69, 9.17) is 13.2 Å². The van der Waals surface area contributed by atoms with Gasteiger partial charge in [0.1, 0.15) is 26.0 Å². The van der Waals surface area contributed by atoms with Gasteiger partial charge in [-0.3, -0.25) is 0 Å². The summed E-state index contributed by atoms with van der Waals surface area (Å²) in [6.07, 6.45) is 5.91. The lowest BCUT2D eigenvalue weighted by molar-refractivity contribution is -1.91. The molecule has 2 aromatic rings. The molecule has 0 amide bonds.